The summed E-state index contributed by atoms with van der Waals surface area (Å²) in [4.78, 5) is 35.7. The number of hydrogen-bond acceptors (Lipinski definition) is 6. The number of fused-ring (bicyclic) bond motifs is 2. The molecule has 2 aliphatic heterocycles. The summed E-state index contributed by atoms with van der Waals surface area (Å²) >= 11 is 1.37. The minimum Gasteiger partial charge on any atom is -0.316 e. The lowest BCUT2D eigenvalue weighted by Gasteiger charge is -2.19. The molecule has 0 radical (unpaired) electrons. The molecule has 1 saturated carbocycles. The van der Waals surface area contributed by atoms with Gasteiger partial charge in [-0.1, -0.05) is 6.92 Å². The molecular formula is C26H25F3N4O2S. The van der Waals surface area contributed by atoms with Crippen molar-refractivity contribution < 1.29 is 22.8 Å². The van der Waals surface area contributed by atoms with E-state index in [4.69, 9.17) is 0 Å². The molecule has 0 aromatic carbocycles. The molecule has 188 valence electrons. The fraction of sp³-hybridized carbons (Fsp3) is 0.462. The van der Waals surface area contributed by atoms with Crippen molar-refractivity contribution in [3.8, 4) is 11.1 Å². The predicted molar refractivity (Wildman–Crippen MR) is 129 cm³/mol. The van der Waals surface area contributed by atoms with Gasteiger partial charge in [0, 0.05) is 22.3 Å². The molecule has 3 aromatic heterocycles. The van der Waals surface area contributed by atoms with Crippen molar-refractivity contribution in [3.05, 3.63) is 46.2 Å². The average molecular weight is 515 g/mol. The molecule has 0 bridgehead atoms. The number of nitrogens with zero attached hydrogens (tertiary/aromatic N) is 3. The molecule has 5 heterocycles. The van der Waals surface area contributed by atoms with Crippen molar-refractivity contribution in [1.82, 2.24) is 20.2 Å². The Balaban J connectivity index is 1.41. The van der Waals surface area contributed by atoms with Crippen LogP contribution in [-0.2, 0) is 28.7 Å². The summed E-state index contributed by atoms with van der Waals surface area (Å²) in [7, 11) is 0. The van der Waals surface area contributed by atoms with Crippen LogP contribution in [0.4, 0.5) is 13.2 Å². The van der Waals surface area contributed by atoms with Crippen molar-refractivity contribution in [2.75, 3.05) is 13.1 Å². The van der Waals surface area contributed by atoms with Gasteiger partial charge in [0.25, 0.3) is 0 Å². The van der Waals surface area contributed by atoms with Crippen molar-refractivity contribution >= 4 is 33.4 Å². The van der Waals surface area contributed by atoms with E-state index in [1.54, 1.807) is 19.2 Å². The maximum absolute atomic E-state index is 13.7. The van der Waals surface area contributed by atoms with Gasteiger partial charge in [0.2, 0.25) is 11.8 Å². The standard InChI is InChI=1S/C26H25F3N4O2S/c1-12-21-22(12)25(35)33(24(21)34)11-15-8-19-23(36-15)16(4-6-31-19)18-9-20(26(27,28)29)32-13(2)17(18)7-14-3-5-30-10-14/h4,6,8-9,12,14,21-22,30H,3,5,7,10-11H2,1-2H3. The highest BCUT2D eigenvalue weighted by molar-refractivity contribution is 7.19. The van der Waals surface area contributed by atoms with E-state index in [1.807, 2.05) is 13.0 Å². The van der Waals surface area contributed by atoms with E-state index in [-0.39, 0.29) is 36.1 Å². The summed E-state index contributed by atoms with van der Waals surface area (Å²) in [5.41, 5.74) is 2.12. The fourth-order valence-electron chi connectivity index (χ4n) is 5.80. The van der Waals surface area contributed by atoms with Crippen molar-refractivity contribution in [2.24, 2.45) is 23.7 Å². The Hall–Kier alpha value is -2.85. The molecule has 0 spiro atoms. The molecule has 1 aliphatic carbocycles. The van der Waals surface area contributed by atoms with Gasteiger partial charge in [-0.2, -0.15) is 13.2 Å². The quantitative estimate of drug-likeness (QED) is 0.505. The first-order chi connectivity index (χ1) is 17.1. The number of thiophene rings is 1. The number of alkyl halides is 3. The number of aryl methyl sites for hydroxylation is 1. The maximum Gasteiger partial charge on any atom is 0.433 e. The summed E-state index contributed by atoms with van der Waals surface area (Å²) < 4.78 is 41.9. The number of carbonyl (C=O) groups is 2. The first kappa shape index (κ1) is 23.5. The van der Waals surface area contributed by atoms with E-state index in [9.17, 15) is 22.8 Å². The Morgan fingerprint density at radius 3 is 2.58 bits per heavy atom. The van der Waals surface area contributed by atoms with Gasteiger partial charge in [0.15, 0.2) is 0 Å². The molecule has 10 heteroatoms. The van der Waals surface area contributed by atoms with Gasteiger partial charge in [-0.05, 0) is 74.0 Å². The lowest BCUT2D eigenvalue weighted by Crippen LogP contribution is -2.33. The monoisotopic (exact) mass is 514 g/mol. The highest BCUT2D eigenvalue weighted by Crippen LogP contribution is 2.53. The second-order valence-electron chi connectivity index (χ2n) is 10.1. The minimum absolute atomic E-state index is 0.114. The number of aromatic nitrogens is 2. The Bertz CT molecular complexity index is 1370. The molecule has 3 unspecified atom stereocenters. The van der Waals surface area contributed by atoms with Gasteiger partial charge in [0.05, 0.1) is 28.6 Å². The van der Waals surface area contributed by atoms with Crippen molar-refractivity contribution in [3.63, 3.8) is 0 Å². The second kappa shape index (κ2) is 8.34. The van der Waals surface area contributed by atoms with Crippen LogP contribution < -0.4 is 5.32 Å². The highest BCUT2D eigenvalue weighted by Gasteiger charge is 2.64. The van der Waals surface area contributed by atoms with Gasteiger partial charge in [-0.25, -0.2) is 4.98 Å². The van der Waals surface area contributed by atoms with E-state index >= 15 is 0 Å². The molecule has 2 amide bonds. The van der Waals surface area contributed by atoms with Crippen LogP contribution in [0.5, 0.6) is 0 Å². The molecule has 3 aromatic rings. The Morgan fingerprint density at radius 2 is 1.92 bits per heavy atom. The summed E-state index contributed by atoms with van der Waals surface area (Å²) in [6.07, 6.45) is -1.36. The van der Waals surface area contributed by atoms with Crippen molar-refractivity contribution in [1.29, 1.82) is 0 Å². The van der Waals surface area contributed by atoms with Crippen LogP contribution in [0.25, 0.3) is 21.3 Å². The lowest BCUT2D eigenvalue weighted by atomic mass is 9.90. The zero-order valence-corrected chi connectivity index (χ0v) is 20.7. The molecule has 1 N–H and O–H groups in total. The van der Waals surface area contributed by atoms with E-state index in [1.165, 1.54) is 16.2 Å². The average Bonchev–Trinajstić information content (AvgIpc) is 3.19. The number of rotatable bonds is 5. The van der Waals surface area contributed by atoms with Crippen LogP contribution in [0.1, 0.15) is 35.2 Å². The molecule has 6 nitrogen and oxygen atoms in total. The van der Waals surface area contributed by atoms with Gasteiger partial charge >= 0.3 is 6.18 Å². The number of halogens is 3. The van der Waals surface area contributed by atoms with Gasteiger partial charge in [-0.3, -0.25) is 19.5 Å². The topological polar surface area (TPSA) is 75.2 Å². The van der Waals surface area contributed by atoms with Gasteiger partial charge in [-0.15, -0.1) is 11.3 Å². The molecule has 3 fully saturated rings. The van der Waals surface area contributed by atoms with Crippen LogP contribution in [-0.4, -0.2) is 39.8 Å². The number of piperidine rings is 1. The largest absolute Gasteiger partial charge is 0.433 e. The van der Waals surface area contributed by atoms with Gasteiger partial charge < -0.3 is 5.32 Å². The van der Waals surface area contributed by atoms with Crippen LogP contribution >= 0.6 is 11.3 Å². The Morgan fingerprint density at radius 1 is 1.17 bits per heavy atom. The number of hydrogen-bond donors (Lipinski definition) is 1. The molecule has 3 atom stereocenters. The second-order valence-corrected chi connectivity index (χ2v) is 11.3. The van der Waals surface area contributed by atoms with Crippen LogP contribution in [0, 0.1) is 30.6 Å². The molecule has 3 aliphatic rings. The smallest absolute Gasteiger partial charge is 0.316 e. The Kier molecular flexibility index (Phi) is 5.46. The lowest BCUT2D eigenvalue weighted by molar-refractivity contribution is -0.143. The number of nitrogens with one attached hydrogen (secondary N) is 1. The third-order valence-electron chi connectivity index (χ3n) is 7.83. The van der Waals surface area contributed by atoms with Gasteiger partial charge in [0.1, 0.15) is 5.69 Å². The van der Waals surface area contributed by atoms with E-state index in [0.29, 0.717) is 34.7 Å². The number of pyridine rings is 2. The summed E-state index contributed by atoms with van der Waals surface area (Å²) in [6.45, 7) is 5.46. The number of imide groups is 1. The van der Waals surface area contributed by atoms with Crippen LogP contribution in [0.15, 0.2) is 24.4 Å². The first-order valence-corrected chi connectivity index (χ1v) is 13.0. The van der Waals surface area contributed by atoms with Crippen LogP contribution in [0.2, 0.25) is 0 Å². The molecule has 36 heavy (non-hydrogen) atoms. The Labute approximate surface area is 209 Å². The van der Waals surface area contributed by atoms with E-state index < -0.39 is 11.9 Å². The number of carbonyl (C=O) groups excluding carboxylic acids is 2. The SMILES string of the molecule is Cc1nc(C(F)(F)F)cc(-c2ccnc3cc(CN4C(=O)C5C(C)C5C4=O)sc23)c1CC1CCNC1. The number of likely N-dealkylation sites (tertiary alicyclic amines) is 1. The molecule has 6 rings (SSSR count). The van der Waals surface area contributed by atoms with Crippen molar-refractivity contribution in [2.45, 2.75) is 39.4 Å². The summed E-state index contributed by atoms with van der Waals surface area (Å²) in [5, 5.41) is 3.32. The minimum atomic E-state index is -4.56. The first-order valence-electron chi connectivity index (χ1n) is 12.1. The zero-order chi connectivity index (χ0) is 25.4. The predicted octanol–water partition coefficient (Wildman–Crippen LogP) is 4.59. The highest BCUT2D eigenvalue weighted by atomic mass is 32.1. The van der Waals surface area contributed by atoms with Crippen LogP contribution in [0.3, 0.4) is 0 Å². The zero-order valence-electron chi connectivity index (χ0n) is 19.9. The summed E-state index contributed by atoms with van der Waals surface area (Å²) in [5.74, 6) is -0.214. The maximum atomic E-state index is 13.7. The normalized spacial score (nSPS) is 25.8. The molecule has 2 saturated heterocycles. The molecular weight excluding hydrogens is 489 g/mol. The summed E-state index contributed by atoms with van der Waals surface area (Å²) in [6, 6.07) is 4.73. The number of amides is 2. The van der Waals surface area contributed by atoms with E-state index in [0.717, 1.165) is 40.7 Å². The third-order valence-corrected chi connectivity index (χ3v) is 8.97. The fourth-order valence-corrected chi connectivity index (χ4v) is 6.93. The van der Waals surface area contributed by atoms with E-state index in [2.05, 4.69) is 15.3 Å². The third kappa shape index (κ3) is 3.82.